The summed E-state index contributed by atoms with van der Waals surface area (Å²) in [6, 6.07) is 0. The fourth-order valence-corrected chi connectivity index (χ4v) is 0.202. The van der Waals surface area contributed by atoms with Gasteiger partial charge >= 0.3 is 0 Å². The molecule has 0 rings (SSSR count). The van der Waals surface area contributed by atoms with Gasteiger partial charge in [0.2, 0.25) is 0 Å². The van der Waals surface area contributed by atoms with Gasteiger partial charge in [-0.15, -0.1) is 0 Å². The minimum Gasteiger partial charge on any atom is -0.301 e. The summed E-state index contributed by atoms with van der Waals surface area (Å²) in [5.74, 6) is 0. The predicted molar refractivity (Wildman–Crippen MR) is 45.0 cm³/mol. The third kappa shape index (κ3) is 2.60. The lowest BCUT2D eigenvalue weighted by molar-refractivity contribution is -0.107. The van der Waals surface area contributed by atoms with E-state index in [1.807, 2.05) is 6.92 Å². The number of rotatable bonds is 2. The maximum atomic E-state index is 10.1. The minimum atomic E-state index is -0.597. The summed E-state index contributed by atoms with van der Waals surface area (Å²) in [6.07, 6.45) is 0.798. The molecule has 0 saturated heterocycles. The lowest BCUT2D eigenvalue weighted by atomic mass is 10.4. The largest absolute Gasteiger partial charge is 0.301 e. The molecule has 0 saturated carbocycles. The van der Waals surface area contributed by atoms with E-state index in [0.29, 0.717) is 0 Å². The number of alkyl halides is 3. The van der Waals surface area contributed by atoms with E-state index >= 15 is 0 Å². The monoisotopic (exact) mass is 306 g/mol. The average molecular weight is 309 g/mol. The molecule has 1 atom stereocenters. The number of halogens is 3. The molecule has 1 nitrogen and oxygen atoms in total. The summed E-state index contributed by atoms with van der Waals surface area (Å²) in [6.45, 7) is 1.87. The van der Waals surface area contributed by atoms with Crippen LogP contribution in [0.3, 0.4) is 0 Å². The Hall–Kier alpha value is 1.11. The Morgan fingerprint density at radius 1 is 1.62 bits per heavy atom. The number of hydrogen-bond acceptors (Lipinski definition) is 1. The van der Waals surface area contributed by atoms with Gasteiger partial charge in [-0.25, -0.2) is 0 Å². The summed E-state index contributed by atoms with van der Waals surface area (Å²) in [5, 5.41) is 0. The predicted octanol–water partition coefficient (Wildman–Crippen LogP) is 2.45. The molecule has 0 aliphatic rings. The van der Waals surface area contributed by atoms with Crippen LogP contribution in [0.4, 0.5) is 0 Å². The second-order valence-electron chi connectivity index (χ2n) is 1.41. The van der Waals surface area contributed by atoms with Crippen molar-refractivity contribution in [1.29, 1.82) is 0 Å². The molecule has 0 N–H and O–H groups in total. The summed E-state index contributed by atoms with van der Waals surface area (Å²) < 4.78 is -0.597. The molecule has 0 aromatic carbocycles. The summed E-state index contributed by atoms with van der Waals surface area (Å²) in [7, 11) is 0. The first kappa shape index (κ1) is 9.11. The van der Waals surface area contributed by atoms with Gasteiger partial charge in [0.25, 0.3) is 0 Å². The zero-order chi connectivity index (χ0) is 6.78. The number of aldehydes is 1. The van der Waals surface area contributed by atoms with Gasteiger partial charge in [0, 0.05) is 4.83 Å². The van der Waals surface area contributed by atoms with Crippen molar-refractivity contribution >= 4 is 54.1 Å². The molecule has 0 amide bonds. The van der Waals surface area contributed by atoms with Crippen molar-refractivity contribution in [1.82, 2.24) is 0 Å². The highest BCUT2D eigenvalue weighted by Crippen LogP contribution is 2.31. The number of carbonyl (C=O) groups excluding carboxylic acids is 1. The van der Waals surface area contributed by atoms with E-state index in [-0.39, 0.29) is 4.83 Å². The van der Waals surface area contributed by atoms with Crippen LogP contribution in [0, 0.1) is 0 Å². The zero-order valence-corrected chi connectivity index (χ0v) is 8.95. The molecular weight excluding hydrogens is 304 g/mol. The van der Waals surface area contributed by atoms with Crippen molar-refractivity contribution in [2.24, 2.45) is 0 Å². The standard InChI is InChI=1S/C4H5Br3O/c1-3(5)4(6,7)2-8/h2-3H,1H3. The molecule has 8 heavy (non-hydrogen) atoms. The quantitative estimate of drug-likeness (QED) is 0.566. The van der Waals surface area contributed by atoms with Crippen molar-refractivity contribution in [3.63, 3.8) is 0 Å². The van der Waals surface area contributed by atoms with Gasteiger partial charge in [0.05, 0.1) is 0 Å². The van der Waals surface area contributed by atoms with E-state index in [2.05, 4.69) is 47.8 Å². The Bertz CT molecular complexity index is 89.3. The smallest absolute Gasteiger partial charge is 0.148 e. The highest BCUT2D eigenvalue weighted by molar-refractivity contribution is 9.26. The van der Waals surface area contributed by atoms with Gasteiger partial charge in [0.1, 0.15) is 9.52 Å². The van der Waals surface area contributed by atoms with Gasteiger partial charge in [-0.05, 0) is 0 Å². The summed E-state index contributed by atoms with van der Waals surface area (Å²) in [5.41, 5.74) is 0. The molecule has 0 spiro atoms. The van der Waals surface area contributed by atoms with Crippen molar-refractivity contribution in [3.05, 3.63) is 0 Å². The first-order valence-corrected chi connectivity index (χ1v) is 4.49. The number of hydrogen-bond donors (Lipinski definition) is 0. The molecule has 0 aromatic rings. The Morgan fingerprint density at radius 2 is 2.00 bits per heavy atom. The van der Waals surface area contributed by atoms with E-state index < -0.39 is 3.23 Å². The normalized spacial score (nSPS) is 15.5. The molecule has 0 aliphatic heterocycles. The molecule has 48 valence electrons. The molecule has 4 heteroatoms. The number of carbonyl (C=O) groups is 1. The Balaban J connectivity index is 3.90. The molecule has 0 radical (unpaired) electrons. The van der Waals surface area contributed by atoms with Gasteiger partial charge in [-0.2, -0.15) is 0 Å². The van der Waals surface area contributed by atoms with Crippen molar-refractivity contribution in [2.45, 2.75) is 15.0 Å². The zero-order valence-electron chi connectivity index (χ0n) is 4.20. The Morgan fingerprint density at radius 3 is 2.00 bits per heavy atom. The van der Waals surface area contributed by atoms with Crippen LogP contribution in [-0.2, 0) is 4.79 Å². The molecule has 0 heterocycles. The average Bonchev–Trinajstić information content (AvgIpc) is 1.67. The third-order valence-corrected chi connectivity index (χ3v) is 4.39. The molecular formula is C4H5Br3O. The minimum absolute atomic E-state index is 0.0903. The van der Waals surface area contributed by atoms with Gasteiger partial charge < -0.3 is 4.79 Å². The van der Waals surface area contributed by atoms with Crippen LogP contribution in [0.15, 0.2) is 0 Å². The lowest BCUT2D eigenvalue weighted by Crippen LogP contribution is -2.23. The highest BCUT2D eigenvalue weighted by Gasteiger charge is 2.27. The Labute approximate surface area is 73.6 Å². The summed E-state index contributed by atoms with van der Waals surface area (Å²) >= 11 is 9.53. The molecule has 0 bridgehead atoms. The highest BCUT2D eigenvalue weighted by atomic mass is 79.9. The first-order valence-electron chi connectivity index (χ1n) is 1.99. The van der Waals surface area contributed by atoms with Gasteiger partial charge in [0.15, 0.2) is 0 Å². The molecule has 0 aromatic heterocycles. The van der Waals surface area contributed by atoms with Crippen molar-refractivity contribution < 1.29 is 4.79 Å². The fourth-order valence-electron chi connectivity index (χ4n) is 0.0938. The lowest BCUT2D eigenvalue weighted by Gasteiger charge is -2.14. The molecule has 0 aliphatic carbocycles. The van der Waals surface area contributed by atoms with Crippen LogP contribution >= 0.6 is 47.8 Å². The maximum absolute atomic E-state index is 10.1. The van der Waals surface area contributed by atoms with E-state index in [1.165, 1.54) is 0 Å². The maximum Gasteiger partial charge on any atom is 0.148 e. The van der Waals surface area contributed by atoms with Crippen LogP contribution in [-0.4, -0.2) is 14.3 Å². The van der Waals surface area contributed by atoms with Crippen molar-refractivity contribution in [2.75, 3.05) is 0 Å². The topological polar surface area (TPSA) is 17.1 Å². The van der Waals surface area contributed by atoms with E-state index in [4.69, 9.17) is 0 Å². The molecule has 0 fully saturated rings. The third-order valence-electron chi connectivity index (χ3n) is 0.687. The van der Waals surface area contributed by atoms with E-state index in [0.717, 1.165) is 6.29 Å². The van der Waals surface area contributed by atoms with Crippen LogP contribution in [0.5, 0.6) is 0 Å². The SMILES string of the molecule is CC(Br)C(Br)(Br)C=O. The fraction of sp³-hybridized carbons (Fsp3) is 0.750. The van der Waals surface area contributed by atoms with Gasteiger partial charge in [-0.1, -0.05) is 54.7 Å². The van der Waals surface area contributed by atoms with Crippen LogP contribution < -0.4 is 0 Å². The van der Waals surface area contributed by atoms with Gasteiger partial charge in [-0.3, -0.25) is 0 Å². The summed E-state index contributed by atoms with van der Waals surface area (Å²) in [4.78, 5) is 10.2. The van der Waals surface area contributed by atoms with Crippen LogP contribution in [0.1, 0.15) is 6.92 Å². The van der Waals surface area contributed by atoms with E-state index in [9.17, 15) is 4.79 Å². The second kappa shape index (κ2) is 3.32. The first-order chi connectivity index (χ1) is 3.50. The Kier molecular flexibility index (Phi) is 3.78. The molecule has 1 unspecified atom stereocenters. The van der Waals surface area contributed by atoms with Crippen LogP contribution in [0.25, 0.3) is 0 Å². The second-order valence-corrected chi connectivity index (χ2v) is 6.47. The van der Waals surface area contributed by atoms with E-state index in [1.54, 1.807) is 0 Å². The van der Waals surface area contributed by atoms with Crippen molar-refractivity contribution in [3.8, 4) is 0 Å². The van der Waals surface area contributed by atoms with Crippen LogP contribution in [0.2, 0.25) is 0 Å².